The highest BCUT2D eigenvalue weighted by atomic mass is 28.3. The van der Waals surface area contributed by atoms with Crippen molar-refractivity contribution in [3.63, 3.8) is 0 Å². The molecular formula is C51H35N5Si. The Morgan fingerprint density at radius 2 is 0.877 bits per heavy atom. The zero-order chi connectivity index (χ0) is 51.7. The summed E-state index contributed by atoms with van der Waals surface area (Å²) in [6.07, 6.45) is 0. The normalized spacial score (nSPS) is 15.8. The SMILES string of the molecule is [2H]c1cc([Si](c2ccccc2)(c2ccccc2)c2c([2H])c([2H])c([2H])c(-c3nc(-n4c5ccccc5c5c([2H])c([2H])c([2H])c([2H])c54)nc(-n4c5ccccc5c5c([2H])c([2H])c([2H])c([2H])c54)n3)c2[2H])c([2H])c([2H])c1[2H]. The Bertz CT molecular complexity index is 3990. The quantitative estimate of drug-likeness (QED) is 0.120. The van der Waals surface area contributed by atoms with Crippen molar-refractivity contribution in [1.29, 1.82) is 0 Å². The summed E-state index contributed by atoms with van der Waals surface area (Å²) in [5.41, 5.74) is 0.136. The number of hydrogen-bond donors (Lipinski definition) is 0. The molecule has 268 valence electrons. The number of benzene rings is 8. The average Bonchev–Trinajstić information content (AvgIpc) is 3.95. The molecule has 8 aromatic carbocycles. The van der Waals surface area contributed by atoms with Crippen LogP contribution in [0.5, 0.6) is 0 Å². The molecule has 0 aliphatic heterocycles. The van der Waals surface area contributed by atoms with Crippen molar-refractivity contribution in [3.05, 3.63) is 212 Å². The van der Waals surface area contributed by atoms with Gasteiger partial charge in [-0.15, -0.1) is 0 Å². The summed E-state index contributed by atoms with van der Waals surface area (Å²) in [7, 11) is -4.41. The molecule has 0 aliphatic carbocycles. The lowest BCUT2D eigenvalue weighted by Gasteiger charge is -2.34. The van der Waals surface area contributed by atoms with E-state index >= 15 is 0 Å². The predicted molar refractivity (Wildman–Crippen MR) is 238 cm³/mol. The molecule has 0 fully saturated rings. The highest BCUT2D eigenvalue weighted by Gasteiger charge is 2.41. The standard InChI is InChI=1S/C51H35N5Si/c1-4-20-37(21-5-1)57(38-22-6-2-7-23-38,39-24-8-3-9-25-39)40-26-18-19-36(35-40)49-52-50(55-45-31-14-10-27-41(45)42-28-11-15-32-46(42)55)54-51(53-49)56-47-33-16-12-29-43(47)44-30-13-17-34-48(44)56/h1-35H/i1D,4D,5D,10D,12D,14D,16D,18D,19D,20D,26D,27D,29D,31D,33D,35D. The number of hydrogen-bond acceptors (Lipinski definition) is 3. The van der Waals surface area contributed by atoms with Crippen LogP contribution in [0.3, 0.4) is 0 Å². The Kier molecular flexibility index (Phi) is 4.82. The second-order valence-electron chi connectivity index (χ2n) is 13.2. The van der Waals surface area contributed by atoms with Crippen LogP contribution in [0, 0.1) is 0 Å². The van der Waals surface area contributed by atoms with Crippen LogP contribution in [-0.2, 0) is 0 Å². The molecule has 5 nitrogen and oxygen atoms in total. The highest BCUT2D eigenvalue weighted by molar-refractivity contribution is 7.19. The first-order valence-electron chi connectivity index (χ1n) is 26.0. The largest absolute Gasteiger partial charge is 0.278 e. The molecule has 0 N–H and O–H groups in total. The van der Waals surface area contributed by atoms with E-state index in [0.29, 0.717) is 32.2 Å². The minimum Gasteiger partial charge on any atom is -0.278 e. The van der Waals surface area contributed by atoms with Crippen molar-refractivity contribution in [2.45, 2.75) is 0 Å². The van der Waals surface area contributed by atoms with Gasteiger partial charge in [0.15, 0.2) is 13.9 Å². The minimum atomic E-state index is -4.41. The molecule has 0 atom stereocenters. The van der Waals surface area contributed by atoms with Gasteiger partial charge in [0.1, 0.15) is 0 Å². The van der Waals surface area contributed by atoms with E-state index in [1.165, 1.54) is 15.2 Å². The van der Waals surface area contributed by atoms with Gasteiger partial charge in [-0.25, -0.2) is 0 Å². The maximum absolute atomic E-state index is 10.4. The molecule has 11 aromatic rings. The fourth-order valence-corrected chi connectivity index (χ4v) is 12.1. The van der Waals surface area contributed by atoms with Crippen molar-refractivity contribution in [2.24, 2.45) is 0 Å². The number of para-hydroxylation sites is 4. The summed E-state index contributed by atoms with van der Waals surface area (Å²) in [4.78, 5) is 14.8. The van der Waals surface area contributed by atoms with Crippen LogP contribution < -0.4 is 20.7 Å². The van der Waals surface area contributed by atoms with E-state index in [1.807, 2.05) is 0 Å². The van der Waals surface area contributed by atoms with E-state index in [-0.39, 0.29) is 62.2 Å². The smallest absolute Gasteiger partial charge is 0.240 e. The molecule has 11 rings (SSSR count). The fourth-order valence-electron chi connectivity index (χ4n) is 7.82. The van der Waals surface area contributed by atoms with Crippen LogP contribution in [0.1, 0.15) is 21.9 Å². The average molecular weight is 762 g/mol. The third-order valence-corrected chi connectivity index (χ3v) is 14.7. The maximum Gasteiger partial charge on any atom is 0.240 e. The number of aromatic nitrogens is 5. The zero-order valence-electron chi connectivity index (χ0n) is 45.7. The van der Waals surface area contributed by atoms with E-state index < -0.39 is 98.0 Å². The molecule has 3 heterocycles. The topological polar surface area (TPSA) is 48.5 Å². The van der Waals surface area contributed by atoms with Crippen molar-refractivity contribution < 1.29 is 21.9 Å². The lowest BCUT2D eigenvalue weighted by molar-refractivity contribution is 0.893. The van der Waals surface area contributed by atoms with Gasteiger partial charge in [0.05, 0.1) is 44.0 Å². The van der Waals surface area contributed by atoms with Gasteiger partial charge in [-0.05, 0) is 45.0 Å². The maximum atomic E-state index is 10.4. The molecule has 0 bridgehead atoms. The molecular weight excluding hydrogens is 711 g/mol. The Hall–Kier alpha value is -7.41. The van der Waals surface area contributed by atoms with Crippen molar-refractivity contribution in [3.8, 4) is 23.3 Å². The van der Waals surface area contributed by atoms with Gasteiger partial charge in [-0.1, -0.05) is 188 Å². The fraction of sp³-hybridized carbons (Fsp3) is 0. The third kappa shape index (κ3) is 5.19. The molecule has 0 saturated heterocycles. The zero-order valence-corrected chi connectivity index (χ0v) is 30.7. The minimum absolute atomic E-state index is 0.0437. The van der Waals surface area contributed by atoms with Gasteiger partial charge in [0.25, 0.3) is 0 Å². The monoisotopic (exact) mass is 761 g/mol. The van der Waals surface area contributed by atoms with Gasteiger partial charge in [-0.2, -0.15) is 15.0 Å². The van der Waals surface area contributed by atoms with E-state index in [1.54, 1.807) is 109 Å². The molecule has 6 heteroatoms. The number of rotatable bonds is 7. The van der Waals surface area contributed by atoms with Crippen LogP contribution in [0.4, 0.5) is 0 Å². The van der Waals surface area contributed by atoms with Crippen LogP contribution in [-0.4, -0.2) is 32.2 Å². The summed E-state index contributed by atoms with van der Waals surface area (Å²) < 4.78 is 150. The van der Waals surface area contributed by atoms with E-state index in [2.05, 4.69) is 0 Å². The van der Waals surface area contributed by atoms with Gasteiger partial charge in [0.2, 0.25) is 11.9 Å². The van der Waals surface area contributed by atoms with E-state index in [9.17, 15) is 9.60 Å². The third-order valence-electron chi connectivity index (χ3n) is 10.2. The van der Waals surface area contributed by atoms with E-state index in [0.717, 1.165) is 0 Å². The summed E-state index contributed by atoms with van der Waals surface area (Å²) >= 11 is 0. The number of fused-ring (bicyclic) bond motifs is 6. The summed E-state index contributed by atoms with van der Waals surface area (Å²) in [6, 6.07) is 24.1. The van der Waals surface area contributed by atoms with Crippen molar-refractivity contribution in [1.82, 2.24) is 24.1 Å². The summed E-state index contributed by atoms with van der Waals surface area (Å²) in [5, 5.41) is 1.93. The van der Waals surface area contributed by atoms with Gasteiger partial charge < -0.3 is 0 Å². The second kappa shape index (κ2) is 13.4. The molecule has 0 saturated carbocycles. The van der Waals surface area contributed by atoms with Gasteiger partial charge in [-0.3, -0.25) is 9.13 Å². The molecule has 0 aliphatic rings. The molecule has 57 heavy (non-hydrogen) atoms. The Labute approximate surface area is 353 Å². The lowest BCUT2D eigenvalue weighted by Crippen LogP contribution is -2.74. The first-order chi connectivity index (χ1) is 34.9. The van der Waals surface area contributed by atoms with Gasteiger partial charge >= 0.3 is 0 Å². The molecule has 0 spiro atoms. The summed E-state index contributed by atoms with van der Waals surface area (Å²) in [6.45, 7) is 0. The highest BCUT2D eigenvalue weighted by Crippen LogP contribution is 2.34. The van der Waals surface area contributed by atoms with Crippen LogP contribution in [0.2, 0.25) is 0 Å². The lowest BCUT2D eigenvalue weighted by atomic mass is 10.2. The molecule has 0 unspecified atom stereocenters. The van der Waals surface area contributed by atoms with Crippen molar-refractivity contribution in [2.75, 3.05) is 0 Å². The van der Waals surface area contributed by atoms with E-state index in [4.69, 9.17) is 27.3 Å². The Morgan fingerprint density at radius 3 is 1.47 bits per heavy atom. The van der Waals surface area contributed by atoms with Gasteiger partial charge in [0, 0.05) is 27.1 Å². The second-order valence-corrected chi connectivity index (χ2v) is 16.9. The van der Waals surface area contributed by atoms with Crippen LogP contribution >= 0.6 is 0 Å². The predicted octanol–water partition coefficient (Wildman–Crippen LogP) is 9.11. The Morgan fingerprint density at radius 1 is 0.368 bits per heavy atom. The molecule has 3 aromatic heterocycles. The molecule has 0 radical (unpaired) electrons. The molecule has 0 amide bonds. The first-order valence-corrected chi connectivity index (χ1v) is 20.0. The number of nitrogens with zero attached hydrogens (tertiary/aromatic N) is 5. The van der Waals surface area contributed by atoms with Crippen LogP contribution in [0.25, 0.3) is 66.9 Å². The summed E-state index contributed by atoms with van der Waals surface area (Å²) in [5.74, 6) is -1.06. The van der Waals surface area contributed by atoms with Crippen LogP contribution in [0.15, 0.2) is 212 Å². The first kappa shape index (κ1) is 20.5. The Balaban J connectivity index is 1.36. The van der Waals surface area contributed by atoms with Crippen molar-refractivity contribution >= 4 is 72.4 Å².